The van der Waals surface area contributed by atoms with Crippen LogP contribution in [-0.2, 0) is 0 Å². The summed E-state index contributed by atoms with van der Waals surface area (Å²) in [6.45, 7) is 6.05. The maximum absolute atomic E-state index is 6.36. The van der Waals surface area contributed by atoms with Crippen LogP contribution in [0.5, 0.6) is 5.75 Å². The third-order valence-corrected chi connectivity index (χ3v) is 4.37. The number of aromatic nitrogens is 1. The zero-order chi connectivity index (χ0) is 12.6. The van der Waals surface area contributed by atoms with Crippen LogP contribution < -0.4 is 4.74 Å². The Labute approximate surface area is 110 Å². The second-order valence-corrected chi connectivity index (χ2v) is 5.21. The molecule has 0 saturated carbocycles. The predicted octanol–water partition coefficient (Wildman–Crippen LogP) is 4.40. The Kier molecular flexibility index (Phi) is 3.40. The number of hydrogen-bond donors (Lipinski definition) is 0. The van der Waals surface area contributed by atoms with Gasteiger partial charge in [-0.3, -0.25) is 0 Å². The molecule has 0 aliphatic carbocycles. The molecule has 1 aromatic heterocycles. The van der Waals surface area contributed by atoms with Gasteiger partial charge in [-0.15, -0.1) is 11.3 Å². The topological polar surface area (TPSA) is 22.1 Å². The Morgan fingerprint density at radius 1 is 1.18 bits per heavy atom. The lowest BCUT2D eigenvalue weighted by atomic mass is 9.99. The normalized spacial score (nSPS) is 10.6. The number of ether oxygens (including phenoxy) is 1. The quantitative estimate of drug-likeness (QED) is 0.805. The fourth-order valence-electron chi connectivity index (χ4n) is 1.94. The van der Waals surface area contributed by atoms with E-state index in [-0.39, 0.29) is 0 Å². The number of hydrogen-bond acceptors (Lipinski definition) is 3. The molecule has 2 aromatic rings. The highest BCUT2D eigenvalue weighted by molar-refractivity contribution is 7.13. The van der Waals surface area contributed by atoms with E-state index in [2.05, 4.69) is 4.98 Å². The number of benzene rings is 1. The molecular formula is C13H14ClNOS. The molecule has 4 heteroatoms. The van der Waals surface area contributed by atoms with Crippen LogP contribution in [0.1, 0.15) is 16.7 Å². The number of methoxy groups -OCH3 is 1. The van der Waals surface area contributed by atoms with Crippen LogP contribution in [0.3, 0.4) is 0 Å². The van der Waals surface area contributed by atoms with E-state index in [1.54, 1.807) is 24.6 Å². The molecule has 0 atom stereocenters. The van der Waals surface area contributed by atoms with E-state index in [0.29, 0.717) is 0 Å². The van der Waals surface area contributed by atoms with Gasteiger partial charge in [0.05, 0.1) is 12.7 Å². The third-order valence-electron chi connectivity index (χ3n) is 3.01. The van der Waals surface area contributed by atoms with Crippen molar-refractivity contribution in [3.05, 3.63) is 33.3 Å². The van der Waals surface area contributed by atoms with Crippen LogP contribution in [0.4, 0.5) is 0 Å². The minimum atomic E-state index is 0.800. The third kappa shape index (κ3) is 1.94. The van der Waals surface area contributed by atoms with Crippen molar-refractivity contribution in [2.75, 3.05) is 7.11 Å². The summed E-state index contributed by atoms with van der Waals surface area (Å²) in [7, 11) is 1.69. The molecule has 1 aromatic carbocycles. The van der Waals surface area contributed by atoms with Gasteiger partial charge in [-0.05, 0) is 37.5 Å². The monoisotopic (exact) mass is 267 g/mol. The van der Waals surface area contributed by atoms with Crippen molar-refractivity contribution in [1.29, 1.82) is 0 Å². The van der Waals surface area contributed by atoms with E-state index in [1.165, 1.54) is 0 Å². The molecule has 0 N–H and O–H groups in total. The van der Waals surface area contributed by atoms with Gasteiger partial charge >= 0.3 is 0 Å². The lowest BCUT2D eigenvalue weighted by Crippen LogP contribution is -1.98. The Balaban J connectivity index is 2.82. The molecule has 0 spiro atoms. The predicted molar refractivity (Wildman–Crippen MR) is 73.3 cm³/mol. The fraction of sp³-hybridized carbons (Fsp3) is 0.308. The summed E-state index contributed by atoms with van der Waals surface area (Å²) >= 11 is 7.95. The van der Waals surface area contributed by atoms with Gasteiger partial charge < -0.3 is 4.74 Å². The van der Waals surface area contributed by atoms with E-state index in [9.17, 15) is 0 Å². The maximum atomic E-state index is 6.36. The minimum absolute atomic E-state index is 0.800. The molecule has 0 fully saturated rings. The first-order chi connectivity index (χ1) is 8.07. The van der Waals surface area contributed by atoms with Gasteiger partial charge in [0.15, 0.2) is 0 Å². The minimum Gasteiger partial charge on any atom is -0.496 e. The Morgan fingerprint density at radius 3 is 2.41 bits per heavy atom. The zero-order valence-corrected chi connectivity index (χ0v) is 11.9. The van der Waals surface area contributed by atoms with Crippen LogP contribution in [0, 0.1) is 20.8 Å². The van der Waals surface area contributed by atoms with Gasteiger partial charge in [-0.1, -0.05) is 11.6 Å². The summed E-state index contributed by atoms with van der Waals surface area (Å²) in [5, 5.41) is 3.70. The highest BCUT2D eigenvalue weighted by Crippen LogP contribution is 2.42. The van der Waals surface area contributed by atoms with Crippen LogP contribution in [-0.4, -0.2) is 12.1 Å². The van der Waals surface area contributed by atoms with Crippen molar-refractivity contribution in [3.8, 4) is 16.3 Å². The Morgan fingerprint density at radius 2 is 1.88 bits per heavy atom. The fourth-order valence-corrected chi connectivity index (χ4v) is 2.92. The summed E-state index contributed by atoms with van der Waals surface area (Å²) in [6.07, 6.45) is 1.79. The van der Waals surface area contributed by atoms with Gasteiger partial charge in [-0.2, -0.15) is 0 Å². The van der Waals surface area contributed by atoms with E-state index in [1.807, 2.05) is 26.2 Å². The summed E-state index contributed by atoms with van der Waals surface area (Å²) in [4.78, 5) is 4.35. The molecule has 0 saturated heterocycles. The average Bonchev–Trinajstić information content (AvgIpc) is 2.84. The lowest BCUT2D eigenvalue weighted by Gasteiger charge is -2.17. The van der Waals surface area contributed by atoms with Gasteiger partial charge in [0.2, 0.25) is 0 Å². The van der Waals surface area contributed by atoms with Crippen molar-refractivity contribution < 1.29 is 4.74 Å². The molecule has 0 aliphatic rings. The molecule has 17 heavy (non-hydrogen) atoms. The zero-order valence-electron chi connectivity index (χ0n) is 10.3. The number of thiazole rings is 1. The van der Waals surface area contributed by atoms with Gasteiger partial charge in [0.25, 0.3) is 0 Å². The van der Waals surface area contributed by atoms with Crippen molar-refractivity contribution in [2.24, 2.45) is 0 Å². The molecule has 0 radical (unpaired) electrons. The van der Waals surface area contributed by atoms with Crippen LogP contribution in [0.15, 0.2) is 11.6 Å². The van der Waals surface area contributed by atoms with Crippen LogP contribution in [0.2, 0.25) is 5.02 Å². The second-order valence-electron chi connectivity index (χ2n) is 3.93. The highest BCUT2D eigenvalue weighted by atomic mass is 35.5. The van der Waals surface area contributed by atoms with Crippen molar-refractivity contribution in [3.63, 3.8) is 0 Å². The number of rotatable bonds is 2. The molecule has 2 rings (SSSR count). The second kappa shape index (κ2) is 4.67. The summed E-state index contributed by atoms with van der Waals surface area (Å²) < 4.78 is 5.52. The number of halogens is 1. The van der Waals surface area contributed by atoms with E-state index < -0.39 is 0 Å². The molecule has 0 amide bonds. The smallest absolute Gasteiger partial charge is 0.132 e. The largest absolute Gasteiger partial charge is 0.496 e. The van der Waals surface area contributed by atoms with Crippen LogP contribution >= 0.6 is 22.9 Å². The lowest BCUT2D eigenvalue weighted by molar-refractivity contribution is 0.412. The van der Waals surface area contributed by atoms with Gasteiger partial charge in [-0.25, -0.2) is 4.98 Å². The molecule has 0 aliphatic heterocycles. The number of nitrogens with zero attached hydrogens (tertiary/aromatic N) is 1. The molecule has 0 unspecified atom stereocenters. The standard InChI is InChI=1S/C13H14ClNOS/c1-7-8(2)12(16-4)10(9(3)11(7)14)13-15-5-6-17-13/h5-6H,1-4H3. The summed E-state index contributed by atoms with van der Waals surface area (Å²) in [6, 6.07) is 0. The summed E-state index contributed by atoms with van der Waals surface area (Å²) in [5.74, 6) is 0.874. The molecule has 90 valence electrons. The molecular weight excluding hydrogens is 254 g/mol. The summed E-state index contributed by atoms with van der Waals surface area (Å²) in [5.41, 5.74) is 4.19. The maximum Gasteiger partial charge on any atom is 0.132 e. The Bertz CT molecular complexity index is 549. The van der Waals surface area contributed by atoms with Crippen molar-refractivity contribution in [2.45, 2.75) is 20.8 Å². The molecule has 0 bridgehead atoms. The molecule has 1 heterocycles. The first-order valence-electron chi connectivity index (χ1n) is 5.31. The SMILES string of the molecule is COc1c(C)c(C)c(Cl)c(C)c1-c1nccs1. The first kappa shape index (κ1) is 12.4. The Hall–Kier alpha value is -1.06. The average molecular weight is 268 g/mol. The van der Waals surface area contributed by atoms with E-state index in [0.717, 1.165) is 38.0 Å². The first-order valence-corrected chi connectivity index (χ1v) is 6.56. The van der Waals surface area contributed by atoms with Gasteiger partial charge in [0.1, 0.15) is 10.8 Å². The van der Waals surface area contributed by atoms with Crippen molar-refractivity contribution in [1.82, 2.24) is 4.98 Å². The van der Waals surface area contributed by atoms with E-state index in [4.69, 9.17) is 16.3 Å². The van der Waals surface area contributed by atoms with Crippen LogP contribution in [0.25, 0.3) is 10.6 Å². The van der Waals surface area contributed by atoms with Gasteiger partial charge in [0, 0.05) is 16.6 Å². The molecule has 2 nitrogen and oxygen atoms in total. The highest BCUT2D eigenvalue weighted by Gasteiger charge is 2.19. The van der Waals surface area contributed by atoms with Crippen molar-refractivity contribution >= 4 is 22.9 Å². The van der Waals surface area contributed by atoms with E-state index >= 15 is 0 Å².